The fourth-order valence-corrected chi connectivity index (χ4v) is 5.71. The summed E-state index contributed by atoms with van der Waals surface area (Å²) in [4.78, 5) is 40.2. The Labute approximate surface area is 224 Å². The molecule has 0 unspecified atom stereocenters. The first-order valence-corrected chi connectivity index (χ1v) is 13.5. The van der Waals surface area contributed by atoms with Crippen LogP contribution in [0.5, 0.6) is 0 Å². The number of benzene rings is 1. The maximum Gasteiger partial charge on any atom is 0.273 e. The summed E-state index contributed by atoms with van der Waals surface area (Å²) in [7, 11) is 0. The molecule has 4 heterocycles. The van der Waals surface area contributed by atoms with Gasteiger partial charge in [0, 0.05) is 56.7 Å². The van der Waals surface area contributed by atoms with Gasteiger partial charge in [-0.25, -0.2) is 18.7 Å². The molecule has 3 aromatic rings. The molecule has 3 fully saturated rings. The number of nitrogens with zero attached hydrogens (tertiary/aromatic N) is 5. The van der Waals surface area contributed by atoms with E-state index in [0.29, 0.717) is 31.3 Å². The number of rotatable bonds is 7. The van der Waals surface area contributed by atoms with Crippen LogP contribution in [0.4, 0.5) is 8.78 Å². The Kier molecular flexibility index (Phi) is 7.07. The molecule has 2 amide bonds. The molecule has 1 aromatic carbocycles. The molecule has 0 radical (unpaired) electrons. The highest BCUT2D eigenvalue weighted by Crippen LogP contribution is 2.35. The first-order valence-electron chi connectivity index (χ1n) is 13.5. The minimum absolute atomic E-state index is 0.00703. The molecule has 3 aliphatic rings. The van der Waals surface area contributed by atoms with Gasteiger partial charge < -0.3 is 19.6 Å². The molecule has 0 spiro atoms. The van der Waals surface area contributed by atoms with Crippen LogP contribution in [-0.4, -0.2) is 69.0 Å². The molecule has 0 bridgehead atoms. The number of carbonyl (C=O) groups is 2. The molecule has 2 saturated heterocycles. The first-order chi connectivity index (χ1) is 19.0. The predicted octanol–water partition coefficient (Wildman–Crippen LogP) is 3.60. The highest BCUT2D eigenvalue weighted by molar-refractivity contribution is 5.94. The largest absolute Gasteiger partial charge is 0.355 e. The molecule has 6 rings (SSSR count). The molecular formula is C28H30F2N6O3. The molecular weight excluding hydrogens is 506 g/mol. The fraction of sp³-hybridized carbons (Fsp3) is 0.464. The lowest BCUT2D eigenvalue weighted by Crippen LogP contribution is -2.56. The van der Waals surface area contributed by atoms with Gasteiger partial charge in [0.25, 0.3) is 5.91 Å². The summed E-state index contributed by atoms with van der Waals surface area (Å²) in [6, 6.07) is 5.59. The van der Waals surface area contributed by atoms with Crippen molar-refractivity contribution in [1.82, 2.24) is 30.2 Å². The smallest absolute Gasteiger partial charge is 0.273 e. The highest BCUT2D eigenvalue weighted by atomic mass is 19.1. The van der Waals surface area contributed by atoms with Crippen LogP contribution in [0.15, 0.2) is 47.2 Å². The lowest BCUT2D eigenvalue weighted by atomic mass is 9.90. The lowest BCUT2D eigenvalue weighted by molar-refractivity contribution is -0.139. The van der Waals surface area contributed by atoms with E-state index in [1.165, 1.54) is 25.0 Å². The van der Waals surface area contributed by atoms with Crippen molar-refractivity contribution in [1.29, 1.82) is 0 Å². The van der Waals surface area contributed by atoms with Crippen molar-refractivity contribution in [2.24, 2.45) is 11.8 Å². The quantitative estimate of drug-likeness (QED) is 0.492. The predicted molar refractivity (Wildman–Crippen MR) is 136 cm³/mol. The van der Waals surface area contributed by atoms with Gasteiger partial charge in [0.1, 0.15) is 11.6 Å². The zero-order valence-electron chi connectivity index (χ0n) is 21.4. The van der Waals surface area contributed by atoms with E-state index in [1.807, 2.05) is 4.90 Å². The molecule has 1 saturated carbocycles. The number of likely N-dealkylation sites (tertiary alicyclic amines) is 2. The SMILES string of the molecule is O=C(N[C@H]1CCN(CC2CC2)C[C@@H]1C(=O)N1CCC[C@@H]1c1ncccn1)c1cc(-c2ccc(F)cc2F)on1. The maximum absolute atomic E-state index is 14.2. The molecule has 3 atom stereocenters. The van der Waals surface area contributed by atoms with Crippen molar-refractivity contribution < 1.29 is 22.9 Å². The zero-order valence-corrected chi connectivity index (χ0v) is 21.4. The number of hydrogen-bond acceptors (Lipinski definition) is 7. The third-order valence-electron chi connectivity index (χ3n) is 7.90. The Morgan fingerprint density at radius 2 is 1.87 bits per heavy atom. The first kappa shape index (κ1) is 25.5. The van der Waals surface area contributed by atoms with Crippen LogP contribution < -0.4 is 5.32 Å². The van der Waals surface area contributed by atoms with E-state index < -0.39 is 29.5 Å². The van der Waals surface area contributed by atoms with Crippen molar-refractivity contribution in [3.05, 3.63) is 65.9 Å². The zero-order chi connectivity index (χ0) is 26.9. The van der Waals surface area contributed by atoms with Crippen molar-refractivity contribution in [2.45, 2.75) is 44.2 Å². The van der Waals surface area contributed by atoms with Gasteiger partial charge in [0.2, 0.25) is 5.91 Å². The van der Waals surface area contributed by atoms with E-state index in [9.17, 15) is 18.4 Å². The molecule has 204 valence electrons. The van der Waals surface area contributed by atoms with Crippen LogP contribution in [0, 0.1) is 23.5 Å². The van der Waals surface area contributed by atoms with Crippen molar-refractivity contribution >= 4 is 11.8 Å². The second-order valence-electron chi connectivity index (χ2n) is 10.7. The number of nitrogens with one attached hydrogen (secondary N) is 1. The van der Waals surface area contributed by atoms with Crippen molar-refractivity contribution in [3.63, 3.8) is 0 Å². The van der Waals surface area contributed by atoms with E-state index >= 15 is 0 Å². The minimum Gasteiger partial charge on any atom is -0.355 e. The van der Waals surface area contributed by atoms with Crippen molar-refractivity contribution in [3.8, 4) is 11.3 Å². The van der Waals surface area contributed by atoms with E-state index in [4.69, 9.17) is 4.52 Å². The van der Waals surface area contributed by atoms with Crippen LogP contribution in [0.2, 0.25) is 0 Å². The Bertz CT molecular complexity index is 1350. The van der Waals surface area contributed by atoms with Crippen LogP contribution in [0.3, 0.4) is 0 Å². The van der Waals surface area contributed by atoms with Gasteiger partial charge in [-0.05, 0) is 56.2 Å². The summed E-state index contributed by atoms with van der Waals surface area (Å²) in [6.07, 6.45) is 8.10. The number of aromatic nitrogens is 3. The van der Waals surface area contributed by atoms with Crippen LogP contribution >= 0.6 is 0 Å². The van der Waals surface area contributed by atoms with Gasteiger partial charge in [0.15, 0.2) is 17.3 Å². The summed E-state index contributed by atoms with van der Waals surface area (Å²) in [5.41, 5.74) is -0.0235. The monoisotopic (exact) mass is 536 g/mol. The summed E-state index contributed by atoms with van der Waals surface area (Å²) in [6.45, 7) is 2.92. The van der Waals surface area contributed by atoms with Gasteiger partial charge in [-0.2, -0.15) is 0 Å². The number of hydrogen-bond donors (Lipinski definition) is 1. The molecule has 11 heteroatoms. The minimum atomic E-state index is -0.811. The second kappa shape index (κ2) is 10.8. The molecule has 9 nitrogen and oxygen atoms in total. The average Bonchev–Trinajstić information content (AvgIpc) is 3.40. The normalized spacial score (nSPS) is 23.6. The van der Waals surface area contributed by atoms with E-state index in [1.54, 1.807) is 18.5 Å². The summed E-state index contributed by atoms with van der Waals surface area (Å²) < 4.78 is 32.7. The summed E-state index contributed by atoms with van der Waals surface area (Å²) in [5, 5.41) is 6.82. The lowest BCUT2D eigenvalue weighted by Gasteiger charge is -2.40. The number of piperidine rings is 1. The van der Waals surface area contributed by atoms with E-state index in [0.717, 1.165) is 38.1 Å². The standard InChI is InChI=1S/C28H30F2N6O3/c29-18-6-7-19(21(30)13-18)25-14-23(34-39-25)27(37)33-22-8-12-35(15-17-4-5-17)16-20(22)28(38)36-11-1-3-24(36)26-31-9-2-10-32-26/h2,6-7,9-10,13-14,17,20,22,24H,1,3-5,8,11-12,15-16H2,(H,33,37)/t20-,22-,24+/m0/s1. The number of amides is 2. The van der Waals surface area contributed by atoms with Crippen LogP contribution in [-0.2, 0) is 4.79 Å². The maximum atomic E-state index is 14.2. The Hall–Kier alpha value is -3.73. The molecule has 1 N–H and O–H groups in total. The molecule has 2 aliphatic heterocycles. The Morgan fingerprint density at radius 1 is 1.05 bits per heavy atom. The van der Waals surface area contributed by atoms with Gasteiger partial charge in [-0.1, -0.05) is 5.16 Å². The summed E-state index contributed by atoms with van der Waals surface area (Å²) in [5.74, 6) is -1.13. The Morgan fingerprint density at radius 3 is 2.64 bits per heavy atom. The number of carbonyl (C=O) groups excluding carboxylic acids is 2. The average molecular weight is 537 g/mol. The van der Waals surface area contributed by atoms with Gasteiger partial charge in [0.05, 0.1) is 17.5 Å². The topological polar surface area (TPSA) is 104 Å². The van der Waals surface area contributed by atoms with Gasteiger partial charge in [-0.15, -0.1) is 0 Å². The van der Waals surface area contributed by atoms with Crippen LogP contribution in [0.25, 0.3) is 11.3 Å². The van der Waals surface area contributed by atoms with E-state index in [-0.39, 0.29) is 29.0 Å². The molecule has 2 aromatic heterocycles. The fourth-order valence-electron chi connectivity index (χ4n) is 5.71. The third kappa shape index (κ3) is 5.54. The third-order valence-corrected chi connectivity index (χ3v) is 7.90. The molecule has 1 aliphatic carbocycles. The second-order valence-corrected chi connectivity index (χ2v) is 10.7. The summed E-state index contributed by atoms with van der Waals surface area (Å²) >= 11 is 0. The van der Waals surface area contributed by atoms with E-state index in [2.05, 4.69) is 25.3 Å². The van der Waals surface area contributed by atoms with Crippen LogP contribution in [0.1, 0.15) is 54.5 Å². The number of halogens is 2. The highest BCUT2D eigenvalue weighted by Gasteiger charge is 2.42. The van der Waals surface area contributed by atoms with Crippen molar-refractivity contribution in [2.75, 3.05) is 26.2 Å². The van der Waals surface area contributed by atoms with Gasteiger partial charge >= 0.3 is 0 Å². The van der Waals surface area contributed by atoms with Gasteiger partial charge in [-0.3, -0.25) is 9.59 Å². The Balaban J connectivity index is 1.20. The molecule has 39 heavy (non-hydrogen) atoms.